The Morgan fingerprint density at radius 2 is 1.91 bits per heavy atom. The van der Waals surface area contributed by atoms with Gasteiger partial charge >= 0.3 is 0 Å². The van der Waals surface area contributed by atoms with E-state index >= 15 is 0 Å². The molecule has 1 N–H and O–H groups in total. The van der Waals surface area contributed by atoms with Crippen molar-refractivity contribution in [3.05, 3.63) is 61.3 Å². The van der Waals surface area contributed by atoms with E-state index in [1.807, 2.05) is 12.1 Å². The van der Waals surface area contributed by atoms with Gasteiger partial charge in [-0.15, -0.1) is 0 Å². The highest BCUT2D eigenvalue weighted by Crippen LogP contribution is 2.35. The normalized spacial score (nSPS) is 11.3. The Morgan fingerprint density at radius 3 is 2.63 bits per heavy atom. The Balaban J connectivity index is 1.54. The molecule has 0 aliphatic rings. The van der Waals surface area contributed by atoms with Gasteiger partial charge in [0.05, 0.1) is 37.0 Å². The predicted octanol–water partition coefficient (Wildman–Crippen LogP) is 3.69. The number of carbonyl (C=O) groups is 1. The van der Waals surface area contributed by atoms with Crippen molar-refractivity contribution in [3.63, 3.8) is 0 Å². The monoisotopic (exact) mass is 498 g/mol. The average Bonchev–Trinajstić information content (AvgIpc) is 3.54. The Hall–Kier alpha value is -4.16. The van der Waals surface area contributed by atoms with E-state index < -0.39 is 22.6 Å². The zero-order chi connectivity index (χ0) is 25.0. The minimum Gasteiger partial charge on any atom is -0.496 e. The lowest BCUT2D eigenvalue weighted by atomic mass is 10.1. The summed E-state index contributed by atoms with van der Waals surface area (Å²) in [6.07, 6.45) is 5.34. The molecule has 4 rings (SSSR count). The Labute approximate surface area is 201 Å². The van der Waals surface area contributed by atoms with Crippen LogP contribution in [0.3, 0.4) is 0 Å². The number of nitrogens with one attached hydrogen (secondary N) is 1. The predicted molar refractivity (Wildman–Crippen MR) is 128 cm³/mol. The lowest BCUT2D eigenvalue weighted by Gasteiger charge is -2.19. The van der Waals surface area contributed by atoms with Gasteiger partial charge in [-0.3, -0.25) is 8.98 Å². The summed E-state index contributed by atoms with van der Waals surface area (Å²) in [6, 6.07) is 12.6. The summed E-state index contributed by atoms with van der Waals surface area (Å²) in [5.74, 6) is 1.00. The molecule has 35 heavy (non-hydrogen) atoms. The highest BCUT2D eigenvalue weighted by atomic mass is 32.2. The van der Waals surface area contributed by atoms with E-state index in [1.165, 1.54) is 24.5 Å². The number of para-hydroxylation sites is 1. The second-order valence-corrected chi connectivity index (χ2v) is 9.02. The fourth-order valence-corrected chi connectivity index (χ4v) is 3.58. The van der Waals surface area contributed by atoms with E-state index in [0.29, 0.717) is 34.2 Å². The molecule has 0 atom stereocenters. The standard InChI is InChI=1S/C23H22N4O7S/c1-27(22(28)13-33-35(3,29)30)18-7-5-4-6-16(18)21-12-25-23(34-21)26-15-8-9-17(19(10-15)31-2)20-11-24-14-32-20/h4-12,14H,13H2,1-3H3,(H,25,26). The summed E-state index contributed by atoms with van der Waals surface area (Å²) in [5, 5.41) is 3.08. The number of methoxy groups -OCH3 is 1. The highest BCUT2D eigenvalue weighted by molar-refractivity contribution is 7.86. The molecular formula is C23H22N4O7S. The van der Waals surface area contributed by atoms with Gasteiger partial charge in [-0.25, -0.2) is 9.97 Å². The van der Waals surface area contributed by atoms with E-state index in [1.54, 1.807) is 43.6 Å². The van der Waals surface area contributed by atoms with Crippen LogP contribution in [0.25, 0.3) is 22.6 Å². The maximum Gasteiger partial charge on any atom is 0.299 e. The Bertz CT molecular complexity index is 1430. The maximum absolute atomic E-state index is 12.4. The number of likely N-dealkylation sites (N-methyl/N-ethyl adjacent to an activating group) is 1. The van der Waals surface area contributed by atoms with Crippen molar-refractivity contribution in [3.8, 4) is 28.4 Å². The van der Waals surface area contributed by atoms with E-state index in [-0.39, 0.29) is 6.01 Å². The smallest absolute Gasteiger partial charge is 0.299 e. The van der Waals surface area contributed by atoms with E-state index in [2.05, 4.69) is 19.5 Å². The molecule has 0 saturated carbocycles. The molecule has 2 aromatic carbocycles. The molecule has 182 valence electrons. The molecule has 0 radical (unpaired) electrons. The summed E-state index contributed by atoms with van der Waals surface area (Å²) in [7, 11) is -0.674. The highest BCUT2D eigenvalue weighted by Gasteiger charge is 2.19. The van der Waals surface area contributed by atoms with Gasteiger partial charge in [0.1, 0.15) is 12.4 Å². The van der Waals surface area contributed by atoms with Crippen molar-refractivity contribution in [1.29, 1.82) is 0 Å². The average molecular weight is 499 g/mol. The van der Waals surface area contributed by atoms with Crippen LogP contribution < -0.4 is 15.0 Å². The summed E-state index contributed by atoms with van der Waals surface area (Å²) in [5.41, 5.74) is 2.49. The fourth-order valence-electron chi connectivity index (χ4n) is 3.26. The van der Waals surface area contributed by atoms with Crippen LogP contribution in [0.2, 0.25) is 0 Å². The molecular weight excluding hydrogens is 476 g/mol. The second kappa shape index (κ2) is 9.99. The van der Waals surface area contributed by atoms with Crippen LogP contribution in [0.1, 0.15) is 0 Å². The maximum atomic E-state index is 12.4. The summed E-state index contributed by atoms with van der Waals surface area (Å²) in [4.78, 5) is 21.9. The van der Waals surface area contributed by atoms with Crippen LogP contribution in [-0.2, 0) is 19.1 Å². The summed E-state index contributed by atoms with van der Waals surface area (Å²) >= 11 is 0. The first-order chi connectivity index (χ1) is 16.7. The third-order valence-corrected chi connectivity index (χ3v) is 5.50. The number of anilines is 3. The molecule has 12 heteroatoms. The number of rotatable bonds is 9. The molecule has 0 aliphatic heterocycles. The van der Waals surface area contributed by atoms with Gasteiger partial charge in [0.15, 0.2) is 17.9 Å². The lowest BCUT2D eigenvalue weighted by molar-refractivity contribution is -0.120. The number of nitrogens with zero attached hydrogens (tertiary/aromatic N) is 3. The molecule has 2 heterocycles. The van der Waals surface area contributed by atoms with Crippen LogP contribution in [0.15, 0.2) is 70.1 Å². The third kappa shape index (κ3) is 5.67. The molecule has 11 nitrogen and oxygen atoms in total. The molecule has 4 aromatic rings. The van der Waals surface area contributed by atoms with Gasteiger partial charge in [-0.05, 0) is 24.3 Å². The molecule has 0 unspecified atom stereocenters. The number of aromatic nitrogens is 2. The quantitative estimate of drug-likeness (QED) is 0.340. The van der Waals surface area contributed by atoms with Crippen LogP contribution in [-0.4, -0.2) is 51.3 Å². The van der Waals surface area contributed by atoms with Gasteiger partial charge in [-0.1, -0.05) is 12.1 Å². The van der Waals surface area contributed by atoms with Crippen molar-refractivity contribution in [2.24, 2.45) is 0 Å². The first-order valence-electron chi connectivity index (χ1n) is 10.3. The number of hydrogen-bond acceptors (Lipinski definition) is 10. The number of benzene rings is 2. The largest absolute Gasteiger partial charge is 0.496 e. The molecule has 0 spiro atoms. The van der Waals surface area contributed by atoms with Crippen molar-refractivity contribution < 1.29 is 31.0 Å². The van der Waals surface area contributed by atoms with Crippen molar-refractivity contribution >= 4 is 33.4 Å². The summed E-state index contributed by atoms with van der Waals surface area (Å²) in [6.45, 7) is -0.612. The van der Waals surface area contributed by atoms with E-state index in [0.717, 1.165) is 11.8 Å². The van der Waals surface area contributed by atoms with Crippen LogP contribution in [0, 0.1) is 0 Å². The molecule has 0 aliphatic carbocycles. The van der Waals surface area contributed by atoms with Crippen molar-refractivity contribution in [2.45, 2.75) is 0 Å². The molecule has 0 fully saturated rings. The lowest BCUT2D eigenvalue weighted by Crippen LogP contribution is -2.31. The van der Waals surface area contributed by atoms with Crippen LogP contribution >= 0.6 is 0 Å². The third-order valence-electron chi connectivity index (χ3n) is 4.96. The van der Waals surface area contributed by atoms with Gasteiger partial charge in [-0.2, -0.15) is 8.42 Å². The Morgan fingerprint density at radius 1 is 1.11 bits per heavy atom. The fraction of sp³-hybridized carbons (Fsp3) is 0.174. The first kappa shape index (κ1) is 24.0. The number of hydrogen-bond donors (Lipinski definition) is 1. The number of amides is 1. The van der Waals surface area contributed by atoms with Crippen LogP contribution in [0.4, 0.5) is 17.4 Å². The molecule has 2 aromatic heterocycles. The topological polar surface area (TPSA) is 137 Å². The second-order valence-electron chi connectivity index (χ2n) is 7.37. The van der Waals surface area contributed by atoms with Crippen LogP contribution in [0.5, 0.6) is 5.75 Å². The minimum absolute atomic E-state index is 0.221. The molecule has 0 saturated heterocycles. The number of oxazole rings is 2. The van der Waals surface area contributed by atoms with E-state index in [9.17, 15) is 13.2 Å². The van der Waals surface area contributed by atoms with Crippen molar-refractivity contribution in [1.82, 2.24) is 9.97 Å². The summed E-state index contributed by atoms with van der Waals surface area (Å²) < 4.78 is 43.7. The number of carbonyl (C=O) groups excluding carboxylic acids is 1. The SMILES string of the molecule is COc1cc(Nc2ncc(-c3ccccc3N(C)C(=O)COS(C)(=O)=O)o2)ccc1-c1cnco1. The van der Waals surface area contributed by atoms with E-state index in [4.69, 9.17) is 13.6 Å². The minimum atomic E-state index is -3.75. The Kier molecular flexibility index (Phi) is 6.85. The van der Waals surface area contributed by atoms with Gasteiger partial charge in [0.2, 0.25) is 0 Å². The van der Waals surface area contributed by atoms with Gasteiger partial charge < -0.3 is 23.8 Å². The number of ether oxygens (including phenoxy) is 1. The molecule has 1 amide bonds. The molecule has 0 bridgehead atoms. The van der Waals surface area contributed by atoms with Gasteiger partial charge in [0, 0.05) is 24.4 Å². The van der Waals surface area contributed by atoms with Gasteiger partial charge in [0.25, 0.3) is 22.0 Å². The zero-order valence-electron chi connectivity index (χ0n) is 19.1. The van der Waals surface area contributed by atoms with Crippen molar-refractivity contribution in [2.75, 3.05) is 37.2 Å². The zero-order valence-corrected chi connectivity index (χ0v) is 19.9. The first-order valence-corrected chi connectivity index (χ1v) is 12.1.